The SMILES string of the molecule is Cc1cc(CNC(=O)C2CC(=O)N(c3ccc(Cl)cc3)C2)nc(N2CCOCC2)n1. The van der Waals surface area contributed by atoms with Crippen LogP contribution in [0.2, 0.25) is 5.02 Å². The van der Waals surface area contributed by atoms with Crippen molar-refractivity contribution in [1.82, 2.24) is 15.3 Å². The molecule has 0 bridgehead atoms. The van der Waals surface area contributed by atoms with Crippen LogP contribution in [0.4, 0.5) is 11.6 Å². The highest BCUT2D eigenvalue weighted by Crippen LogP contribution is 2.26. The summed E-state index contributed by atoms with van der Waals surface area (Å²) in [7, 11) is 0. The first-order chi connectivity index (χ1) is 14.5. The lowest BCUT2D eigenvalue weighted by Gasteiger charge is -2.27. The Morgan fingerprint density at radius 3 is 2.70 bits per heavy atom. The first-order valence-corrected chi connectivity index (χ1v) is 10.4. The number of ether oxygens (including phenoxy) is 1. The summed E-state index contributed by atoms with van der Waals surface area (Å²) in [5, 5.41) is 3.54. The number of amides is 2. The average molecular weight is 430 g/mol. The lowest BCUT2D eigenvalue weighted by Crippen LogP contribution is -2.38. The van der Waals surface area contributed by atoms with E-state index in [-0.39, 0.29) is 18.2 Å². The van der Waals surface area contributed by atoms with Crippen molar-refractivity contribution < 1.29 is 14.3 Å². The lowest BCUT2D eigenvalue weighted by molar-refractivity contribution is -0.126. The van der Waals surface area contributed by atoms with Crippen molar-refractivity contribution >= 4 is 35.1 Å². The third-order valence-electron chi connectivity index (χ3n) is 5.27. The molecule has 2 aliphatic heterocycles. The van der Waals surface area contributed by atoms with Gasteiger partial charge in [0, 0.05) is 42.5 Å². The Bertz CT molecular complexity index is 931. The lowest BCUT2D eigenvalue weighted by atomic mass is 10.1. The molecule has 158 valence electrons. The molecule has 0 aliphatic carbocycles. The molecule has 0 radical (unpaired) electrons. The fourth-order valence-corrected chi connectivity index (χ4v) is 3.81. The average Bonchev–Trinajstić information content (AvgIpc) is 3.14. The van der Waals surface area contributed by atoms with Crippen LogP contribution < -0.4 is 15.1 Å². The van der Waals surface area contributed by atoms with Gasteiger partial charge in [0.25, 0.3) is 0 Å². The predicted octanol–water partition coefficient (Wildman–Crippen LogP) is 1.94. The van der Waals surface area contributed by atoms with Crippen LogP contribution >= 0.6 is 11.6 Å². The Labute approximate surface area is 180 Å². The van der Waals surface area contributed by atoms with E-state index >= 15 is 0 Å². The summed E-state index contributed by atoms with van der Waals surface area (Å²) in [5.41, 5.74) is 2.35. The topological polar surface area (TPSA) is 87.7 Å². The van der Waals surface area contributed by atoms with Crippen LogP contribution in [0, 0.1) is 12.8 Å². The van der Waals surface area contributed by atoms with Gasteiger partial charge in [0.2, 0.25) is 17.8 Å². The third-order valence-corrected chi connectivity index (χ3v) is 5.52. The molecule has 1 aromatic heterocycles. The maximum atomic E-state index is 12.7. The molecule has 2 fully saturated rings. The largest absolute Gasteiger partial charge is 0.378 e. The van der Waals surface area contributed by atoms with E-state index < -0.39 is 5.92 Å². The Morgan fingerprint density at radius 2 is 1.97 bits per heavy atom. The minimum Gasteiger partial charge on any atom is -0.378 e. The van der Waals surface area contributed by atoms with E-state index in [9.17, 15) is 9.59 Å². The zero-order chi connectivity index (χ0) is 21.1. The summed E-state index contributed by atoms with van der Waals surface area (Å²) < 4.78 is 5.38. The highest BCUT2D eigenvalue weighted by Gasteiger charge is 2.35. The second-order valence-electron chi connectivity index (χ2n) is 7.50. The van der Waals surface area contributed by atoms with E-state index in [0.29, 0.717) is 37.3 Å². The number of rotatable bonds is 5. The predicted molar refractivity (Wildman–Crippen MR) is 114 cm³/mol. The number of morpholine rings is 1. The first kappa shape index (κ1) is 20.6. The van der Waals surface area contributed by atoms with E-state index in [0.717, 1.165) is 30.2 Å². The van der Waals surface area contributed by atoms with Gasteiger partial charge in [0.1, 0.15) is 0 Å². The van der Waals surface area contributed by atoms with Crippen molar-refractivity contribution in [3.8, 4) is 0 Å². The molecule has 2 aromatic rings. The number of hydrogen-bond donors (Lipinski definition) is 1. The number of nitrogens with zero attached hydrogens (tertiary/aromatic N) is 4. The molecule has 4 rings (SSSR count). The van der Waals surface area contributed by atoms with Gasteiger partial charge < -0.3 is 19.9 Å². The molecular weight excluding hydrogens is 406 g/mol. The van der Waals surface area contributed by atoms with E-state index in [4.69, 9.17) is 16.3 Å². The van der Waals surface area contributed by atoms with Gasteiger partial charge in [0.15, 0.2) is 0 Å². The number of carbonyl (C=O) groups excluding carboxylic acids is 2. The van der Waals surface area contributed by atoms with Crippen LogP contribution in [0.15, 0.2) is 30.3 Å². The Hall–Kier alpha value is -2.71. The molecule has 2 amide bonds. The van der Waals surface area contributed by atoms with Gasteiger partial charge in [-0.3, -0.25) is 9.59 Å². The monoisotopic (exact) mass is 429 g/mol. The number of halogens is 1. The van der Waals surface area contributed by atoms with Crippen molar-refractivity contribution in [2.75, 3.05) is 42.6 Å². The van der Waals surface area contributed by atoms with Gasteiger partial charge in [-0.25, -0.2) is 9.97 Å². The summed E-state index contributed by atoms with van der Waals surface area (Å²) in [6.45, 7) is 5.38. The van der Waals surface area contributed by atoms with Crippen LogP contribution in [0.1, 0.15) is 17.8 Å². The van der Waals surface area contributed by atoms with E-state index in [1.165, 1.54) is 0 Å². The molecule has 1 unspecified atom stereocenters. The molecule has 30 heavy (non-hydrogen) atoms. The summed E-state index contributed by atoms with van der Waals surface area (Å²) in [5.74, 6) is 0.0521. The number of benzene rings is 1. The fraction of sp³-hybridized carbons (Fsp3) is 0.429. The molecule has 9 heteroatoms. The number of aromatic nitrogens is 2. The molecule has 0 saturated carbocycles. The summed E-state index contributed by atoms with van der Waals surface area (Å²) in [4.78, 5) is 37.9. The van der Waals surface area contributed by atoms with Crippen LogP contribution in [-0.2, 0) is 20.9 Å². The second kappa shape index (κ2) is 8.97. The van der Waals surface area contributed by atoms with Crippen LogP contribution in [0.5, 0.6) is 0 Å². The van der Waals surface area contributed by atoms with E-state index in [1.807, 2.05) is 13.0 Å². The molecule has 8 nitrogen and oxygen atoms in total. The van der Waals surface area contributed by atoms with Crippen LogP contribution in [0.25, 0.3) is 0 Å². The number of carbonyl (C=O) groups is 2. The number of anilines is 2. The van der Waals surface area contributed by atoms with E-state index in [2.05, 4.69) is 20.2 Å². The van der Waals surface area contributed by atoms with Crippen LogP contribution in [-0.4, -0.2) is 54.6 Å². The number of hydrogen-bond acceptors (Lipinski definition) is 6. The Balaban J connectivity index is 1.37. The van der Waals surface area contributed by atoms with Crippen molar-refractivity contribution in [3.63, 3.8) is 0 Å². The maximum Gasteiger partial charge on any atom is 0.227 e. The van der Waals surface area contributed by atoms with E-state index in [1.54, 1.807) is 29.2 Å². The highest BCUT2D eigenvalue weighted by molar-refractivity contribution is 6.30. The molecule has 1 atom stereocenters. The second-order valence-corrected chi connectivity index (χ2v) is 7.94. The van der Waals surface area contributed by atoms with Gasteiger partial charge in [0.05, 0.1) is 31.4 Å². The summed E-state index contributed by atoms with van der Waals surface area (Å²) in [6, 6.07) is 8.92. The van der Waals surface area contributed by atoms with Gasteiger partial charge in [-0.1, -0.05) is 11.6 Å². The van der Waals surface area contributed by atoms with Crippen molar-refractivity contribution in [2.24, 2.45) is 5.92 Å². The zero-order valence-corrected chi connectivity index (χ0v) is 17.6. The molecule has 1 N–H and O–H groups in total. The van der Waals surface area contributed by atoms with Crippen LogP contribution in [0.3, 0.4) is 0 Å². The third kappa shape index (κ3) is 4.71. The van der Waals surface area contributed by atoms with Gasteiger partial charge in [-0.2, -0.15) is 0 Å². The molecule has 0 spiro atoms. The minimum absolute atomic E-state index is 0.0649. The standard InChI is InChI=1S/C21H24ClN5O3/c1-14-10-17(25-21(24-14)26-6-8-30-9-7-26)12-23-20(29)15-11-19(28)27(13-15)18-4-2-16(22)3-5-18/h2-5,10,15H,6-9,11-13H2,1H3,(H,23,29). The smallest absolute Gasteiger partial charge is 0.227 e. The van der Waals surface area contributed by atoms with Gasteiger partial charge in [-0.15, -0.1) is 0 Å². The quantitative estimate of drug-likeness (QED) is 0.781. The van der Waals surface area contributed by atoms with Crippen molar-refractivity contribution in [2.45, 2.75) is 19.9 Å². The summed E-state index contributed by atoms with van der Waals surface area (Å²) in [6.07, 6.45) is 0.191. The Kier molecular flexibility index (Phi) is 6.15. The maximum absolute atomic E-state index is 12.7. The normalized spacial score (nSPS) is 19.3. The zero-order valence-electron chi connectivity index (χ0n) is 16.8. The van der Waals surface area contributed by atoms with Crippen molar-refractivity contribution in [3.05, 3.63) is 46.7 Å². The first-order valence-electron chi connectivity index (χ1n) is 10.0. The number of nitrogens with one attached hydrogen (secondary N) is 1. The molecule has 3 heterocycles. The summed E-state index contributed by atoms with van der Waals surface area (Å²) >= 11 is 5.92. The van der Waals surface area contributed by atoms with Crippen molar-refractivity contribution in [1.29, 1.82) is 0 Å². The van der Waals surface area contributed by atoms with Gasteiger partial charge >= 0.3 is 0 Å². The number of aryl methyl sites for hydroxylation is 1. The highest BCUT2D eigenvalue weighted by atomic mass is 35.5. The molecule has 2 aliphatic rings. The molecule has 1 aromatic carbocycles. The van der Waals surface area contributed by atoms with Gasteiger partial charge in [-0.05, 0) is 37.3 Å². The molecule has 2 saturated heterocycles. The molecular formula is C21H24ClN5O3. The Morgan fingerprint density at radius 1 is 1.23 bits per heavy atom. The fourth-order valence-electron chi connectivity index (χ4n) is 3.69. The minimum atomic E-state index is -0.394.